The Balaban J connectivity index is 1.44. The number of aromatic nitrogens is 1. The Morgan fingerprint density at radius 2 is 1.90 bits per heavy atom. The number of anilines is 1. The molecule has 2 saturated heterocycles. The number of likely N-dealkylation sites (N-methyl/N-ethyl adjacent to an activating group) is 1. The lowest BCUT2D eigenvalue weighted by molar-refractivity contribution is -0.115. The first-order chi connectivity index (χ1) is 14.6. The van der Waals surface area contributed by atoms with Crippen molar-refractivity contribution >= 4 is 57.1 Å². The summed E-state index contributed by atoms with van der Waals surface area (Å²) in [6, 6.07) is 12.3. The third kappa shape index (κ3) is 3.74. The summed E-state index contributed by atoms with van der Waals surface area (Å²) in [5.41, 5.74) is 5.42. The second kappa shape index (κ2) is 7.86. The summed E-state index contributed by atoms with van der Waals surface area (Å²) < 4.78 is 6.19. The van der Waals surface area contributed by atoms with Crippen molar-refractivity contribution in [1.82, 2.24) is 15.2 Å². The van der Waals surface area contributed by atoms with E-state index in [2.05, 4.69) is 46.4 Å². The number of rotatable bonds is 3. The Kier molecular flexibility index (Phi) is 5.06. The van der Waals surface area contributed by atoms with Gasteiger partial charge < -0.3 is 19.5 Å². The van der Waals surface area contributed by atoms with Crippen molar-refractivity contribution in [2.45, 2.75) is 0 Å². The van der Waals surface area contributed by atoms with Crippen LogP contribution in [-0.4, -0.2) is 53.3 Å². The van der Waals surface area contributed by atoms with E-state index in [-0.39, 0.29) is 5.91 Å². The van der Waals surface area contributed by atoms with Gasteiger partial charge in [-0.1, -0.05) is 36.1 Å². The largest absolute Gasteiger partial charge is 0.462 e. The van der Waals surface area contributed by atoms with Gasteiger partial charge in [0.25, 0.3) is 5.91 Å². The van der Waals surface area contributed by atoms with E-state index < -0.39 is 0 Å². The summed E-state index contributed by atoms with van der Waals surface area (Å²) >= 11 is 6.30. The molecule has 0 bridgehead atoms. The zero-order valence-electron chi connectivity index (χ0n) is 16.4. The summed E-state index contributed by atoms with van der Waals surface area (Å²) in [6.45, 7) is 4.24. The van der Waals surface area contributed by atoms with E-state index in [1.807, 2.05) is 12.1 Å². The molecule has 8 heteroatoms. The fourth-order valence-corrected chi connectivity index (χ4v) is 4.71. The first kappa shape index (κ1) is 19.3. The Morgan fingerprint density at radius 1 is 1.13 bits per heavy atom. The maximum atomic E-state index is 11.9. The average molecular weight is 437 g/mol. The molecule has 3 aromatic rings. The summed E-state index contributed by atoms with van der Waals surface area (Å²) in [6.07, 6.45) is 3.50. The number of pyridine rings is 1. The minimum atomic E-state index is -0.182. The van der Waals surface area contributed by atoms with Crippen LogP contribution >= 0.6 is 24.0 Å². The first-order valence-corrected chi connectivity index (χ1v) is 11.0. The molecule has 5 rings (SSSR count). The number of fused-ring (bicyclic) bond motifs is 1. The number of nitrogens with one attached hydrogen (secondary N) is 1. The molecule has 2 aliphatic heterocycles. The van der Waals surface area contributed by atoms with Crippen LogP contribution in [0.3, 0.4) is 0 Å². The van der Waals surface area contributed by atoms with Crippen LogP contribution in [0.15, 0.2) is 52.0 Å². The van der Waals surface area contributed by atoms with Crippen LogP contribution in [0.4, 0.5) is 5.69 Å². The maximum Gasteiger partial charge on any atom is 0.263 e. The summed E-state index contributed by atoms with van der Waals surface area (Å²) in [5, 5.41) is 2.63. The van der Waals surface area contributed by atoms with Crippen LogP contribution in [0, 0.1) is 0 Å². The lowest BCUT2D eigenvalue weighted by Gasteiger charge is -2.34. The number of amides is 1. The zero-order valence-corrected chi connectivity index (χ0v) is 18.1. The van der Waals surface area contributed by atoms with Crippen molar-refractivity contribution < 1.29 is 9.21 Å². The molecule has 152 valence electrons. The highest BCUT2D eigenvalue weighted by Crippen LogP contribution is 2.32. The quantitative estimate of drug-likeness (QED) is 0.496. The molecule has 2 aromatic heterocycles. The van der Waals surface area contributed by atoms with Gasteiger partial charge in [0.1, 0.15) is 16.1 Å². The van der Waals surface area contributed by atoms with Crippen LogP contribution < -0.4 is 10.2 Å². The zero-order chi connectivity index (χ0) is 20.7. The van der Waals surface area contributed by atoms with Crippen molar-refractivity contribution in [2.24, 2.45) is 0 Å². The van der Waals surface area contributed by atoms with Gasteiger partial charge in [-0.25, -0.2) is 4.98 Å². The number of hydrogen-bond donors (Lipinski definition) is 1. The predicted molar refractivity (Wildman–Crippen MR) is 125 cm³/mol. The van der Waals surface area contributed by atoms with Crippen molar-refractivity contribution in [1.29, 1.82) is 0 Å². The maximum absolute atomic E-state index is 11.9. The molecule has 0 unspecified atom stereocenters. The lowest BCUT2D eigenvalue weighted by atomic mass is 10.1. The predicted octanol–water partition coefficient (Wildman–Crippen LogP) is 3.74. The monoisotopic (exact) mass is 436 g/mol. The van der Waals surface area contributed by atoms with E-state index in [0.29, 0.717) is 20.5 Å². The standard InChI is InChI=1S/C22H20N4O2S2/c1-25-8-10-26(11-9-25)16-5-2-14(3-6-16)17-13-28-18-7-4-15(23-20(17)18)12-19-21(27)24-22(29)30-19/h2-7,12-13H,8-11H2,1H3,(H,24,27,29). The van der Waals surface area contributed by atoms with Crippen molar-refractivity contribution in [3.05, 3.63) is 53.3 Å². The molecule has 30 heavy (non-hydrogen) atoms. The Labute approximate surface area is 183 Å². The second-order valence-electron chi connectivity index (χ2n) is 7.42. The number of carbonyl (C=O) groups excluding carboxylic acids is 1. The van der Waals surface area contributed by atoms with Crippen LogP contribution in [-0.2, 0) is 4.79 Å². The highest BCUT2D eigenvalue weighted by molar-refractivity contribution is 8.26. The fourth-order valence-electron chi connectivity index (χ4n) is 3.68. The summed E-state index contributed by atoms with van der Waals surface area (Å²) in [5.74, 6) is -0.182. The van der Waals surface area contributed by atoms with E-state index in [9.17, 15) is 4.79 Å². The van der Waals surface area contributed by atoms with Gasteiger partial charge in [-0.15, -0.1) is 0 Å². The number of nitrogens with zero attached hydrogens (tertiary/aromatic N) is 3. The molecule has 0 aliphatic carbocycles. The highest BCUT2D eigenvalue weighted by Gasteiger charge is 2.22. The van der Waals surface area contributed by atoms with Gasteiger partial charge in [0.2, 0.25) is 0 Å². The van der Waals surface area contributed by atoms with Gasteiger partial charge in [0.15, 0.2) is 5.58 Å². The molecule has 1 amide bonds. The molecule has 0 radical (unpaired) electrons. The van der Waals surface area contributed by atoms with E-state index in [1.165, 1.54) is 17.4 Å². The van der Waals surface area contributed by atoms with Gasteiger partial charge in [-0.2, -0.15) is 0 Å². The molecule has 2 fully saturated rings. The molecular formula is C22H20N4O2S2. The van der Waals surface area contributed by atoms with Crippen LogP contribution in [0.5, 0.6) is 0 Å². The van der Waals surface area contributed by atoms with Crippen molar-refractivity contribution in [3.8, 4) is 11.1 Å². The van der Waals surface area contributed by atoms with Gasteiger partial charge in [0, 0.05) is 37.4 Å². The number of furan rings is 1. The van der Waals surface area contributed by atoms with E-state index in [0.717, 1.165) is 42.8 Å². The summed E-state index contributed by atoms with van der Waals surface area (Å²) in [7, 11) is 2.16. The third-order valence-electron chi connectivity index (χ3n) is 5.41. The van der Waals surface area contributed by atoms with Gasteiger partial charge in [-0.05, 0) is 43.0 Å². The Morgan fingerprint density at radius 3 is 2.60 bits per heavy atom. The molecule has 4 heterocycles. The Bertz CT molecular complexity index is 1160. The topological polar surface area (TPSA) is 61.6 Å². The molecule has 0 saturated carbocycles. The number of piperazine rings is 1. The number of hydrogen-bond acceptors (Lipinski definition) is 7. The van der Waals surface area contributed by atoms with E-state index in [4.69, 9.17) is 21.6 Å². The lowest BCUT2D eigenvalue weighted by Crippen LogP contribution is -2.44. The Hall–Kier alpha value is -2.68. The molecule has 1 aromatic carbocycles. The van der Waals surface area contributed by atoms with Gasteiger partial charge >= 0.3 is 0 Å². The number of benzene rings is 1. The third-order valence-corrected chi connectivity index (χ3v) is 6.57. The minimum Gasteiger partial charge on any atom is -0.462 e. The normalized spacial score (nSPS) is 19.1. The summed E-state index contributed by atoms with van der Waals surface area (Å²) in [4.78, 5) is 22.0. The van der Waals surface area contributed by atoms with E-state index >= 15 is 0 Å². The molecule has 0 atom stereocenters. The molecule has 6 nitrogen and oxygen atoms in total. The fraction of sp³-hybridized carbons (Fsp3) is 0.227. The van der Waals surface area contributed by atoms with Crippen molar-refractivity contribution in [2.75, 3.05) is 38.1 Å². The second-order valence-corrected chi connectivity index (χ2v) is 9.14. The number of thioether (sulfide) groups is 1. The van der Waals surface area contributed by atoms with Gasteiger partial charge in [-0.3, -0.25) is 4.79 Å². The molecule has 1 N–H and O–H groups in total. The molecule has 0 spiro atoms. The number of carbonyl (C=O) groups is 1. The molecule has 2 aliphatic rings. The molecular weight excluding hydrogens is 416 g/mol. The first-order valence-electron chi connectivity index (χ1n) is 9.74. The number of thiocarbonyl (C=S) groups is 1. The van der Waals surface area contributed by atoms with Crippen LogP contribution in [0.1, 0.15) is 5.69 Å². The average Bonchev–Trinajstić information content (AvgIpc) is 3.31. The van der Waals surface area contributed by atoms with E-state index in [1.54, 1.807) is 12.3 Å². The van der Waals surface area contributed by atoms with Crippen LogP contribution in [0.25, 0.3) is 28.3 Å². The smallest absolute Gasteiger partial charge is 0.263 e. The SMILES string of the molecule is CN1CCN(c2ccc(-c3coc4ccc(C=C5SC(=S)NC5=O)nc34)cc2)CC1. The highest BCUT2D eigenvalue weighted by atomic mass is 32.2. The van der Waals surface area contributed by atoms with Crippen LogP contribution in [0.2, 0.25) is 0 Å². The minimum absolute atomic E-state index is 0.182. The van der Waals surface area contributed by atoms with Gasteiger partial charge in [0.05, 0.1) is 10.6 Å². The van der Waals surface area contributed by atoms with Crippen molar-refractivity contribution in [3.63, 3.8) is 0 Å².